The Morgan fingerprint density at radius 1 is 1.40 bits per heavy atom. The predicted octanol–water partition coefficient (Wildman–Crippen LogP) is 0.626. The number of rotatable bonds is 7. The normalized spacial score (nSPS) is 11.6. The van der Waals surface area contributed by atoms with Gasteiger partial charge in [-0.05, 0) is 12.1 Å². The molecule has 103 valence electrons. The SMILES string of the molecule is O=[C][C@H](Cc1c[nH]cn1)NC(=O)COc1ccccc1. The molecule has 2 rings (SSSR count). The van der Waals surface area contributed by atoms with Crippen LogP contribution in [0.4, 0.5) is 0 Å². The average molecular weight is 272 g/mol. The van der Waals surface area contributed by atoms with Gasteiger partial charge in [-0.2, -0.15) is 0 Å². The molecule has 0 saturated heterocycles. The first-order valence-electron chi connectivity index (χ1n) is 6.10. The molecule has 2 aromatic rings. The minimum absolute atomic E-state index is 0.150. The van der Waals surface area contributed by atoms with E-state index in [1.165, 1.54) is 6.33 Å². The zero-order chi connectivity index (χ0) is 14.2. The second-order valence-corrected chi connectivity index (χ2v) is 4.10. The van der Waals surface area contributed by atoms with Crippen LogP contribution in [0.3, 0.4) is 0 Å². The smallest absolute Gasteiger partial charge is 0.258 e. The fourth-order valence-corrected chi connectivity index (χ4v) is 1.64. The van der Waals surface area contributed by atoms with E-state index in [0.29, 0.717) is 17.9 Å². The first kappa shape index (κ1) is 13.8. The molecule has 1 radical (unpaired) electrons. The van der Waals surface area contributed by atoms with Crippen molar-refractivity contribution in [1.82, 2.24) is 15.3 Å². The van der Waals surface area contributed by atoms with E-state index in [2.05, 4.69) is 15.3 Å². The number of para-hydroxylation sites is 1. The van der Waals surface area contributed by atoms with Gasteiger partial charge in [-0.25, -0.2) is 4.98 Å². The molecule has 0 aliphatic rings. The first-order valence-corrected chi connectivity index (χ1v) is 6.10. The topological polar surface area (TPSA) is 84.1 Å². The molecule has 1 amide bonds. The number of H-pyrrole nitrogens is 1. The van der Waals surface area contributed by atoms with Crippen LogP contribution in [0.15, 0.2) is 42.9 Å². The van der Waals surface area contributed by atoms with Crippen molar-refractivity contribution in [1.29, 1.82) is 0 Å². The number of nitrogens with one attached hydrogen (secondary N) is 2. The van der Waals surface area contributed by atoms with E-state index >= 15 is 0 Å². The number of carbonyl (C=O) groups is 1. The molecule has 1 aromatic carbocycles. The lowest BCUT2D eigenvalue weighted by atomic mass is 10.2. The molecule has 1 aromatic heterocycles. The maximum atomic E-state index is 11.7. The third kappa shape index (κ3) is 4.24. The molecule has 0 aliphatic carbocycles. The minimum Gasteiger partial charge on any atom is -0.484 e. The largest absolute Gasteiger partial charge is 0.484 e. The standard InChI is InChI=1S/C14H14N3O3/c18-8-12(6-11-7-15-10-16-11)17-14(19)9-20-13-4-2-1-3-5-13/h1-5,7,10,12H,6,9H2,(H,15,16)(H,17,19)/t12-/m0/s1. The first-order chi connectivity index (χ1) is 9.78. The molecular weight excluding hydrogens is 258 g/mol. The summed E-state index contributed by atoms with van der Waals surface area (Å²) >= 11 is 0. The van der Waals surface area contributed by atoms with E-state index in [-0.39, 0.29) is 12.5 Å². The van der Waals surface area contributed by atoms with Gasteiger partial charge in [-0.15, -0.1) is 0 Å². The number of amides is 1. The summed E-state index contributed by atoms with van der Waals surface area (Å²) in [5.74, 6) is 0.222. The summed E-state index contributed by atoms with van der Waals surface area (Å²) in [6, 6.07) is 8.25. The Labute approximate surface area is 116 Å². The lowest BCUT2D eigenvalue weighted by molar-refractivity contribution is -0.123. The number of imidazole rings is 1. The molecule has 0 aliphatic heterocycles. The van der Waals surface area contributed by atoms with Crippen LogP contribution in [0, 0.1) is 0 Å². The number of hydrogen-bond acceptors (Lipinski definition) is 4. The molecule has 0 bridgehead atoms. The average Bonchev–Trinajstić information content (AvgIpc) is 2.98. The summed E-state index contributed by atoms with van der Waals surface area (Å²) in [4.78, 5) is 29.3. The van der Waals surface area contributed by atoms with Gasteiger partial charge in [0.2, 0.25) is 6.29 Å². The van der Waals surface area contributed by atoms with Crippen LogP contribution in [0.2, 0.25) is 0 Å². The Morgan fingerprint density at radius 3 is 2.85 bits per heavy atom. The van der Waals surface area contributed by atoms with Crippen molar-refractivity contribution >= 4 is 12.2 Å². The number of benzene rings is 1. The van der Waals surface area contributed by atoms with Crippen molar-refractivity contribution in [3.8, 4) is 5.75 Å². The summed E-state index contributed by atoms with van der Waals surface area (Å²) in [7, 11) is 0. The van der Waals surface area contributed by atoms with E-state index in [1.807, 2.05) is 18.2 Å². The highest BCUT2D eigenvalue weighted by Gasteiger charge is 2.14. The van der Waals surface area contributed by atoms with Gasteiger partial charge >= 0.3 is 0 Å². The van der Waals surface area contributed by atoms with Gasteiger partial charge in [0.25, 0.3) is 5.91 Å². The fourth-order valence-electron chi connectivity index (χ4n) is 1.64. The van der Waals surface area contributed by atoms with Crippen molar-refractivity contribution in [3.63, 3.8) is 0 Å². The minimum atomic E-state index is -0.731. The summed E-state index contributed by atoms with van der Waals surface area (Å²) in [5.41, 5.74) is 0.683. The van der Waals surface area contributed by atoms with E-state index < -0.39 is 6.04 Å². The molecule has 0 fully saturated rings. The van der Waals surface area contributed by atoms with Crippen LogP contribution in [0.25, 0.3) is 0 Å². The third-order valence-electron chi connectivity index (χ3n) is 2.56. The maximum absolute atomic E-state index is 11.7. The van der Waals surface area contributed by atoms with Gasteiger partial charge < -0.3 is 15.0 Å². The molecule has 6 nitrogen and oxygen atoms in total. The summed E-state index contributed by atoms with van der Waals surface area (Å²) in [5, 5.41) is 2.53. The molecular formula is C14H14N3O3. The molecule has 0 saturated carbocycles. The van der Waals surface area contributed by atoms with Crippen LogP contribution < -0.4 is 10.1 Å². The van der Waals surface area contributed by atoms with Crippen LogP contribution in [-0.4, -0.2) is 34.8 Å². The second-order valence-electron chi connectivity index (χ2n) is 4.10. The number of aromatic amines is 1. The van der Waals surface area contributed by atoms with Crippen molar-refractivity contribution in [2.75, 3.05) is 6.61 Å². The number of carbonyl (C=O) groups excluding carboxylic acids is 2. The summed E-state index contributed by atoms with van der Waals surface area (Å²) < 4.78 is 5.28. The number of nitrogens with zero attached hydrogens (tertiary/aromatic N) is 1. The van der Waals surface area contributed by atoms with E-state index in [1.54, 1.807) is 24.6 Å². The highest BCUT2D eigenvalue weighted by molar-refractivity contribution is 5.81. The Kier molecular flexibility index (Phi) is 4.88. The second kappa shape index (κ2) is 7.08. The van der Waals surface area contributed by atoms with Crippen molar-refractivity contribution in [3.05, 3.63) is 48.5 Å². The van der Waals surface area contributed by atoms with E-state index in [9.17, 15) is 9.59 Å². The summed E-state index contributed by atoms with van der Waals surface area (Å²) in [6.45, 7) is -0.150. The zero-order valence-corrected chi connectivity index (χ0v) is 10.7. The molecule has 0 spiro atoms. The quantitative estimate of drug-likeness (QED) is 0.774. The molecule has 6 heteroatoms. The van der Waals surface area contributed by atoms with Crippen molar-refractivity contribution in [2.24, 2.45) is 0 Å². The molecule has 1 heterocycles. The highest BCUT2D eigenvalue weighted by Crippen LogP contribution is 2.07. The van der Waals surface area contributed by atoms with Crippen LogP contribution in [0.5, 0.6) is 5.75 Å². The van der Waals surface area contributed by atoms with Gasteiger partial charge in [0.1, 0.15) is 11.8 Å². The Balaban J connectivity index is 1.79. The van der Waals surface area contributed by atoms with Gasteiger partial charge in [0, 0.05) is 12.6 Å². The molecule has 20 heavy (non-hydrogen) atoms. The molecule has 1 atom stereocenters. The van der Waals surface area contributed by atoms with Gasteiger partial charge in [-0.1, -0.05) is 18.2 Å². The zero-order valence-electron chi connectivity index (χ0n) is 10.7. The molecule has 2 N–H and O–H groups in total. The van der Waals surface area contributed by atoms with Gasteiger partial charge in [0.05, 0.1) is 12.0 Å². The van der Waals surface area contributed by atoms with Gasteiger partial charge in [-0.3, -0.25) is 9.59 Å². The maximum Gasteiger partial charge on any atom is 0.258 e. The van der Waals surface area contributed by atoms with Crippen LogP contribution in [0.1, 0.15) is 5.69 Å². The summed E-state index contributed by atoms with van der Waals surface area (Å²) in [6.07, 6.45) is 5.25. The Hall–Kier alpha value is -2.63. The predicted molar refractivity (Wildman–Crippen MR) is 71.9 cm³/mol. The number of ether oxygens (including phenoxy) is 1. The number of hydrogen-bond donors (Lipinski definition) is 2. The lowest BCUT2D eigenvalue weighted by Gasteiger charge is -2.11. The third-order valence-corrected chi connectivity index (χ3v) is 2.56. The highest BCUT2D eigenvalue weighted by atomic mass is 16.5. The van der Waals surface area contributed by atoms with Crippen LogP contribution >= 0.6 is 0 Å². The van der Waals surface area contributed by atoms with Crippen LogP contribution in [-0.2, 0) is 16.0 Å². The van der Waals surface area contributed by atoms with Crippen molar-refractivity contribution < 1.29 is 14.3 Å². The van der Waals surface area contributed by atoms with Crippen molar-refractivity contribution in [2.45, 2.75) is 12.5 Å². The number of aromatic nitrogens is 2. The van der Waals surface area contributed by atoms with E-state index in [4.69, 9.17) is 4.74 Å². The molecule has 0 unspecified atom stereocenters. The Bertz CT molecular complexity index is 540. The van der Waals surface area contributed by atoms with E-state index in [0.717, 1.165) is 0 Å². The monoisotopic (exact) mass is 272 g/mol. The fraction of sp³-hybridized carbons (Fsp3) is 0.214. The van der Waals surface area contributed by atoms with Gasteiger partial charge in [0.15, 0.2) is 6.61 Å². The lowest BCUT2D eigenvalue weighted by Crippen LogP contribution is -2.40. The Morgan fingerprint density at radius 2 is 2.20 bits per heavy atom.